The number of hydrogen-bond donors (Lipinski definition) is 4. The van der Waals surface area contributed by atoms with E-state index in [0.717, 1.165) is 37.1 Å². The van der Waals surface area contributed by atoms with Gasteiger partial charge in [0.15, 0.2) is 0 Å². The van der Waals surface area contributed by atoms with Gasteiger partial charge in [0.25, 0.3) is 5.91 Å². The lowest BCUT2D eigenvalue weighted by Crippen LogP contribution is -2.39. The summed E-state index contributed by atoms with van der Waals surface area (Å²) in [5, 5.41) is 12.1. The highest BCUT2D eigenvalue weighted by molar-refractivity contribution is 6.10. The molecule has 4 N–H and O–H groups in total. The normalized spacial score (nSPS) is 13.8. The Labute approximate surface area is 188 Å². The lowest BCUT2D eigenvalue weighted by Gasteiger charge is -2.23. The average molecular weight is 429 g/mol. The second-order valence-electron chi connectivity index (χ2n) is 8.00. The number of benzene rings is 3. The quantitative estimate of drug-likeness (QED) is 0.381. The van der Waals surface area contributed by atoms with Gasteiger partial charge in [-0.3, -0.25) is 4.79 Å². The van der Waals surface area contributed by atoms with Crippen LogP contribution in [0.3, 0.4) is 0 Å². The first-order valence-electron chi connectivity index (χ1n) is 11.1. The second kappa shape index (κ2) is 10.5. The first kappa shape index (κ1) is 21.4. The van der Waals surface area contributed by atoms with Crippen molar-refractivity contribution < 1.29 is 9.59 Å². The van der Waals surface area contributed by atoms with Gasteiger partial charge in [0.2, 0.25) is 0 Å². The maximum absolute atomic E-state index is 12.9. The van der Waals surface area contributed by atoms with Crippen molar-refractivity contribution in [2.45, 2.75) is 38.1 Å². The molecule has 0 bridgehead atoms. The minimum Gasteiger partial charge on any atom is -0.356 e. The zero-order chi connectivity index (χ0) is 22.2. The number of hydrogen-bond acceptors (Lipinski definition) is 3. The van der Waals surface area contributed by atoms with Gasteiger partial charge in [-0.05, 0) is 61.4 Å². The van der Waals surface area contributed by atoms with Gasteiger partial charge in [-0.15, -0.1) is 0 Å². The van der Waals surface area contributed by atoms with Crippen LogP contribution in [0.5, 0.6) is 0 Å². The van der Waals surface area contributed by atoms with Crippen LogP contribution in [-0.4, -0.2) is 18.0 Å². The number of para-hydroxylation sites is 2. The molecule has 3 aromatic rings. The molecule has 1 aliphatic carbocycles. The fourth-order valence-corrected chi connectivity index (χ4v) is 3.90. The lowest BCUT2D eigenvalue weighted by molar-refractivity contribution is 0.102. The Hall–Kier alpha value is -3.80. The lowest BCUT2D eigenvalue weighted by atomic mass is 9.96. The number of carbonyl (C=O) groups excluding carboxylic acids is 2. The summed E-state index contributed by atoms with van der Waals surface area (Å²) in [5.74, 6) is -0.276. The Morgan fingerprint density at radius 2 is 1.28 bits per heavy atom. The zero-order valence-electron chi connectivity index (χ0n) is 17.9. The van der Waals surface area contributed by atoms with E-state index in [9.17, 15) is 9.59 Å². The molecule has 0 aromatic heterocycles. The van der Waals surface area contributed by atoms with Crippen molar-refractivity contribution >= 4 is 34.7 Å². The Morgan fingerprint density at radius 1 is 0.656 bits per heavy atom. The molecule has 0 atom stereocenters. The van der Waals surface area contributed by atoms with E-state index >= 15 is 0 Å². The largest absolute Gasteiger partial charge is 0.356 e. The van der Waals surface area contributed by atoms with Crippen molar-refractivity contribution in [3.05, 3.63) is 84.4 Å². The first-order valence-corrected chi connectivity index (χ1v) is 11.1. The van der Waals surface area contributed by atoms with E-state index in [1.54, 1.807) is 24.3 Å². The summed E-state index contributed by atoms with van der Waals surface area (Å²) in [6.07, 6.45) is 5.52. The van der Waals surface area contributed by atoms with Crippen molar-refractivity contribution in [3.63, 3.8) is 0 Å². The number of rotatable bonds is 6. The third kappa shape index (κ3) is 5.88. The Bertz CT molecular complexity index is 1040. The van der Waals surface area contributed by atoms with Crippen molar-refractivity contribution in [1.29, 1.82) is 0 Å². The molecule has 6 heteroatoms. The van der Waals surface area contributed by atoms with Gasteiger partial charge in [-0.25, -0.2) is 4.79 Å². The second-order valence-corrected chi connectivity index (χ2v) is 8.00. The van der Waals surface area contributed by atoms with Crippen LogP contribution < -0.4 is 21.3 Å². The van der Waals surface area contributed by atoms with Crippen LogP contribution in [0, 0.1) is 0 Å². The van der Waals surface area contributed by atoms with Gasteiger partial charge in [0, 0.05) is 23.1 Å². The van der Waals surface area contributed by atoms with Gasteiger partial charge in [-0.1, -0.05) is 49.6 Å². The number of carbonyl (C=O) groups is 2. The molecule has 6 nitrogen and oxygen atoms in total. The molecule has 4 rings (SSSR count). The van der Waals surface area contributed by atoms with Gasteiger partial charge >= 0.3 is 6.03 Å². The van der Waals surface area contributed by atoms with Gasteiger partial charge < -0.3 is 21.3 Å². The van der Waals surface area contributed by atoms with Crippen molar-refractivity contribution in [2.24, 2.45) is 0 Å². The van der Waals surface area contributed by atoms with Crippen molar-refractivity contribution in [2.75, 3.05) is 16.0 Å². The molecule has 3 amide bonds. The van der Waals surface area contributed by atoms with Crippen LogP contribution >= 0.6 is 0 Å². The van der Waals surface area contributed by atoms with E-state index < -0.39 is 0 Å². The summed E-state index contributed by atoms with van der Waals surface area (Å²) in [6, 6.07) is 24.3. The third-order valence-electron chi connectivity index (χ3n) is 5.57. The molecule has 0 radical (unpaired) electrons. The molecule has 3 aromatic carbocycles. The maximum Gasteiger partial charge on any atom is 0.319 e. The van der Waals surface area contributed by atoms with Gasteiger partial charge in [-0.2, -0.15) is 0 Å². The molecule has 1 fully saturated rings. The highest BCUT2D eigenvalue weighted by atomic mass is 16.2. The van der Waals surface area contributed by atoms with E-state index in [1.807, 2.05) is 54.6 Å². The van der Waals surface area contributed by atoms with Crippen LogP contribution in [-0.2, 0) is 0 Å². The summed E-state index contributed by atoms with van der Waals surface area (Å²) in [4.78, 5) is 25.3. The van der Waals surface area contributed by atoms with E-state index in [1.165, 1.54) is 6.42 Å². The molecule has 164 valence electrons. The first-order chi connectivity index (χ1) is 15.7. The highest BCUT2D eigenvalue weighted by Crippen LogP contribution is 2.22. The molecule has 0 aliphatic heterocycles. The van der Waals surface area contributed by atoms with Crippen LogP contribution in [0.25, 0.3) is 0 Å². The smallest absolute Gasteiger partial charge is 0.319 e. The van der Waals surface area contributed by atoms with Crippen molar-refractivity contribution in [1.82, 2.24) is 5.32 Å². The average Bonchev–Trinajstić information content (AvgIpc) is 2.82. The van der Waals surface area contributed by atoms with E-state index in [2.05, 4.69) is 21.3 Å². The predicted molar refractivity (Wildman–Crippen MR) is 130 cm³/mol. The number of amides is 3. The summed E-state index contributed by atoms with van der Waals surface area (Å²) in [5.41, 5.74) is 3.50. The highest BCUT2D eigenvalue weighted by Gasteiger charge is 2.18. The molecular formula is C26H28N4O2. The standard InChI is InChI=1S/C26H28N4O2/c31-25(28-22-17-15-21(16-18-22)27-19-9-3-1-4-10-19)23-13-7-8-14-24(23)30-26(32)29-20-11-5-2-6-12-20/h1,3-4,7-10,13-18,20,27H,2,5-6,11-12H2,(H,28,31)(H2,29,30,32). The van der Waals surface area contributed by atoms with Crippen LogP contribution in [0.1, 0.15) is 42.5 Å². The summed E-state index contributed by atoms with van der Waals surface area (Å²) >= 11 is 0. The van der Waals surface area contributed by atoms with Gasteiger partial charge in [0.05, 0.1) is 11.3 Å². The number of anilines is 4. The fraction of sp³-hybridized carbons (Fsp3) is 0.231. The molecule has 1 aliphatic rings. The number of nitrogens with one attached hydrogen (secondary N) is 4. The van der Waals surface area contributed by atoms with Crippen LogP contribution in [0.4, 0.5) is 27.5 Å². The molecule has 0 unspecified atom stereocenters. The van der Waals surface area contributed by atoms with Crippen LogP contribution in [0.15, 0.2) is 78.9 Å². The zero-order valence-corrected chi connectivity index (χ0v) is 17.9. The van der Waals surface area contributed by atoms with Crippen LogP contribution in [0.2, 0.25) is 0 Å². The Balaban J connectivity index is 1.37. The molecule has 32 heavy (non-hydrogen) atoms. The van der Waals surface area contributed by atoms with Gasteiger partial charge in [0.1, 0.15) is 0 Å². The van der Waals surface area contributed by atoms with E-state index in [-0.39, 0.29) is 18.0 Å². The monoisotopic (exact) mass is 428 g/mol. The summed E-state index contributed by atoms with van der Waals surface area (Å²) in [6.45, 7) is 0. The molecule has 0 spiro atoms. The molecule has 0 saturated heterocycles. The minimum absolute atomic E-state index is 0.202. The minimum atomic E-state index is -0.276. The van der Waals surface area contributed by atoms with E-state index in [4.69, 9.17) is 0 Å². The predicted octanol–water partition coefficient (Wildman–Crippen LogP) is 6.14. The topological polar surface area (TPSA) is 82.3 Å². The fourth-order valence-electron chi connectivity index (χ4n) is 3.90. The molecular weight excluding hydrogens is 400 g/mol. The maximum atomic E-state index is 12.9. The summed E-state index contributed by atoms with van der Waals surface area (Å²) < 4.78 is 0. The SMILES string of the molecule is O=C(Nc1ccccc1C(=O)Nc1ccc(Nc2ccccc2)cc1)NC1CCCCC1. The van der Waals surface area contributed by atoms with E-state index in [0.29, 0.717) is 16.9 Å². The molecule has 0 heterocycles. The Morgan fingerprint density at radius 3 is 2.03 bits per heavy atom. The Kier molecular flexibility index (Phi) is 7.02. The van der Waals surface area contributed by atoms with Crippen molar-refractivity contribution in [3.8, 4) is 0 Å². The number of urea groups is 1. The summed E-state index contributed by atoms with van der Waals surface area (Å²) in [7, 11) is 0. The third-order valence-corrected chi connectivity index (χ3v) is 5.57. The molecule has 1 saturated carbocycles.